The van der Waals surface area contributed by atoms with Crippen molar-refractivity contribution in [2.24, 2.45) is 5.92 Å². The van der Waals surface area contributed by atoms with Gasteiger partial charge < -0.3 is 10.4 Å². The molecule has 0 unspecified atom stereocenters. The zero-order chi connectivity index (χ0) is 18.4. The maximum atomic E-state index is 12.2. The Balaban J connectivity index is 1.60. The fourth-order valence-corrected chi connectivity index (χ4v) is 3.63. The fraction of sp³-hybridized carbons (Fsp3) is 0.364. The van der Waals surface area contributed by atoms with Crippen LogP contribution < -0.4 is 5.32 Å². The molecule has 1 fully saturated rings. The molecule has 2 aromatic rings. The molecule has 0 radical (unpaired) electrons. The molecule has 1 atom stereocenters. The van der Waals surface area contributed by atoms with E-state index in [1.54, 1.807) is 0 Å². The number of hydrogen-bond acceptors (Lipinski definition) is 2. The van der Waals surface area contributed by atoms with E-state index in [2.05, 4.69) is 5.32 Å². The maximum Gasteiger partial charge on any atom is 0.326 e. The smallest absolute Gasteiger partial charge is 0.326 e. The molecule has 1 saturated carbocycles. The number of carboxylic acid groups (broad SMARTS) is 1. The summed E-state index contributed by atoms with van der Waals surface area (Å²) in [5.41, 5.74) is 3.11. The topological polar surface area (TPSA) is 66.4 Å². The summed E-state index contributed by atoms with van der Waals surface area (Å²) in [7, 11) is 0. The van der Waals surface area contributed by atoms with E-state index in [1.165, 1.54) is 12.8 Å². The molecule has 136 valence electrons. The van der Waals surface area contributed by atoms with Crippen LogP contribution in [0.15, 0.2) is 54.6 Å². The van der Waals surface area contributed by atoms with Crippen LogP contribution in [0, 0.1) is 5.92 Å². The molecule has 0 heterocycles. The average molecular weight is 351 g/mol. The summed E-state index contributed by atoms with van der Waals surface area (Å²) < 4.78 is 0. The lowest BCUT2D eigenvalue weighted by Crippen LogP contribution is -2.42. The molecule has 26 heavy (non-hydrogen) atoms. The van der Waals surface area contributed by atoms with Crippen molar-refractivity contribution in [3.63, 3.8) is 0 Å². The number of hydrogen-bond donors (Lipinski definition) is 2. The quantitative estimate of drug-likeness (QED) is 0.791. The standard InChI is InChI=1S/C22H25NO3/c24-21(15-16-6-4-5-7-16)23-20(22(25)26)14-17-10-12-19(13-11-17)18-8-2-1-3-9-18/h1-3,8-13,16,20H,4-7,14-15H2,(H,23,24)(H,25,26)/t20-/m0/s1. The Kier molecular flexibility index (Phi) is 6.05. The van der Waals surface area contributed by atoms with E-state index in [4.69, 9.17) is 0 Å². The van der Waals surface area contributed by atoms with Crippen LogP contribution in [-0.2, 0) is 16.0 Å². The van der Waals surface area contributed by atoms with Crippen molar-refractivity contribution in [3.8, 4) is 11.1 Å². The predicted molar refractivity (Wildman–Crippen MR) is 102 cm³/mol. The zero-order valence-electron chi connectivity index (χ0n) is 14.9. The Hall–Kier alpha value is -2.62. The third kappa shape index (κ3) is 4.94. The lowest BCUT2D eigenvalue weighted by Gasteiger charge is -2.16. The monoisotopic (exact) mass is 351 g/mol. The van der Waals surface area contributed by atoms with Gasteiger partial charge >= 0.3 is 5.97 Å². The summed E-state index contributed by atoms with van der Waals surface area (Å²) >= 11 is 0. The highest BCUT2D eigenvalue weighted by Crippen LogP contribution is 2.27. The minimum absolute atomic E-state index is 0.148. The van der Waals surface area contributed by atoms with Gasteiger partial charge in [-0.25, -0.2) is 4.79 Å². The number of carboxylic acids is 1. The maximum absolute atomic E-state index is 12.2. The van der Waals surface area contributed by atoms with Gasteiger partial charge in [0.2, 0.25) is 5.91 Å². The first-order chi connectivity index (χ1) is 12.6. The molecule has 4 nitrogen and oxygen atoms in total. The summed E-state index contributed by atoms with van der Waals surface area (Å²) in [6.07, 6.45) is 5.23. The summed E-state index contributed by atoms with van der Waals surface area (Å²) in [6.45, 7) is 0. The predicted octanol–water partition coefficient (Wildman–Crippen LogP) is 4.05. The largest absolute Gasteiger partial charge is 0.480 e. The molecule has 1 aliphatic carbocycles. The van der Waals surface area contributed by atoms with E-state index < -0.39 is 12.0 Å². The molecular weight excluding hydrogens is 326 g/mol. The second kappa shape index (κ2) is 8.65. The Morgan fingerprint density at radius 1 is 0.962 bits per heavy atom. The second-order valence-corrected chi connectivity index (χ2v) is 7.08. The van der Waals surface area contributed by atoms with Crippen LogP contribution in [0.3, 0.4) is 0 Å². The van der Waals surface area contributed by atoms with Crippen LogP contribution in [-0.4, -0.2) is 23.0 Å². The summed E-state index contributed by atoms with van der Waals surface area (Å²) in [5.74, 6) is -0.725. The normalized spacial score (nSPS) is 15.5. The molecule has 1 amide bonds. The highest BCUT2D eigenvalue weighted by molar-refractivity contribution is 5.83. The minimum atomic E-state index is -0.989. The summed E-state index contributed by atoms with van der Waals surface area (Å²) in [4.78, 5) is 23.7. The molecule has 2 aromatic carbocycles. The van der Waals surface area contributed by atoms with Crippen LogP contribution in [0.2, 0.25) is 0 Å². The molecule has 0 bridgehead atoms. The van der Waals surface area contributed by atoms with E-state index in [9.17, 15) is 14.7 Å². The fourth-order valence-electron chi connectivity index (χ4n) is 3.63. The molecule has 0 saturated heterocycles. The van der Waals surface area contributed by atoms with E-state index in [-0.39, 0.29) is 5.91 Å². The van der Waals surface area contributed by atoms with E-state index in [1.807, 2.05) is 54.6 Å². The van der Waals surface area contributed by atoms with Gasteiger partial charge in [-0.15, -0.1) is 0 Å². The van der Waals surface area contributed by atoms with Gasteiger partial charge in [-0.05, 0) is 35.4 Å². The van der Waals surface area contributed by atoms with E-state index >= 15 is 0 Å². The van der Waals surface area contributed by atoms with Crippen molar-refractivity contribution in [1.29, 1.82) is 0 Å². The van der Waals surface area contributed by atoms with Crippen molar-refractivity contribution in [1.82, 2.24) is 5.32 Å². The van der Waals surface area contributed by atoms with Crippen molar-refractivity contribution in [3.05, 3.63) is 60.2 Å². The van der Waals surface area contributed by atoms with Gasteiger partial charge in [0.15, 0.2) is 0 Å². The lowest BCUT2D eigenvalue weighted by atomic mass is 10.00. The van der Waals surface area contributed by atoms with Gasteiger partial charge in [0.1, 0.15) is 6.04 Å². The first-order valence-corrected chi connectivity index (χ1v) is 9.28. The van der Waals surface area contributed by atoms with Gasteiger partial charge in [-0.2, -0.15) is 0 Å². The number of nitrogens with one attached hydrogen (secondary N) is 1. The zero-order valence-corrected chi connectivity index (χ0v) is 14.9. The number of amides is 1. The van der Waals surface area contributed by atoms with Gasteiger partial charge in [-0.3, -0.25) is 4.79 Å². The van der Waals surface area contributed by atoms with E-state index in [0.29, 0.717) is 18.8 Å². The van der Waals surface area contributed by atoms with Crippen LogP contribution >= 0.6 is 0 Å². The van der Waals surface area contributed by atoms with Crippen molar-refractivity contribution in [2.75, 3.05) is 0 Å². The molecule has 4 heteroatoms. The van der Waals surface area contributed by atoms with Crippen molar-refractivity contribution < 1.29 is 14.7 Å². The minimum Gasteiger partial charge on any atom is -0.480 e. The highest BCUT2D eigenvalue weighted by Gasteiger charge is 2.23. The molecule has 0 aliphatic heterocycles. The summed E-state index contributed by atoms with van der Waals surface area (Å²) in [6, 6.07) is 17.0. The summed E-state index contributed by atoms with van der Waals surface area (Å²) in [5, 5.41) is 12.2. The number of aliphatic carboxylic acids is 1. The van der Waals surface area contributed by atoms with Crippen LogP contribution in [0.4, 0.5) is 0 Å². The van der Waals surface area contributed by atoms with Gasteiger partial charge in [0.05, 0.1) is 0 Å². The Morgan fingerprint density at radius 2 is 1.58 bits per heavy atom. The molecule has 1 aliphatic rings. The molecule has 3 rings (SSSR count). The van der Waals surface area contributed by atoms with Gasteiger partial charge in [0.25, 0.3) is 0 Å². The van der Waals surface area contributed by atoms with Crippen LogP contribution in [0.1, 0.15) is 37.7 Å². The Labute approximate surface area is 154 Å². The number of rotatable bonds is 7. The molecular formula is C22H25NO3. The van der Waals surface area contributed by atoms with Gasteiger partial charge in [-0.1, -0.05) is 67.4 Å². The average Bonchev–Trinajstić information content (AvgIpc) is 3.15. The molecule has 0 spiro atoms. The SMILES string of the molecule is O=C(CC1CCCC1)N[C@@H](Cc1ccc(-c2ccccc2)cc1)C(=O)O. The molecule has 2 N–H and O–H groups in total. The number of carbonyl (C=O) groups excluding carboxylic acids is 1. The first kappa shape index (κ1) is 18.2. The first-order valence-electron chi connectivity index (χ1n) is 9.28. The highest BCUT2D eigenvalue weighted by atomic mass is 16.4. The second-order valence-electron chi connectivity index (χ2n) is 7.08. The van der Waals surface area contributed by atoms with E-state index in [0.717, 1.165) is 29.5 Å². The molecule has 0 aromatic heterocycles. The van der Waals surface area contributed by atoms with Crippen LogP contribution in [0.25, 0.3) is 11.1 Å². The lowest BCUT2D eigenvalue weighted by molar-refractivity contribution is -0.141. The Morgan fingerprint density at radius 3 is 2.19 bits per heavy atom. The van der Waals surface area contributed by atoms with Crippen LogP contribution in [0.5, 0.6) is 0 Å². The third-order valence-electron chi connectivity index (χ3n) is 5.08. The number of benzene rings is 2. The van der Waals surface area contributed by atoms with Crippen molar-refractivity contribution in [2.45, 2.75) is 44.6 Å². The Bertz CT molecular complexity index is 734. The van der Waals surface area contributed by atoms with Gasteiger partial charge in [0, 0.05) is 12.8 Å². The van der Waals surface area contributed by atoms with Crippen molar-refractivity contribution >= 4 is 11.9 Å². The number of carbonyl (C=O) groups is 2. The third-order valence-corrected chi connectivity index (χ3v) is 5.08.